The van der Waals surface area contributed by atoms with Gasteiger partial charge in [-0.05, 0) is 25.3 Å². The summed E-state index contributed by atoms with van der Waals surface area (Å²) in [6.45, 7) is 8.17. The molecule has 2 nitrogen and oxygen atoms in total. The molecule has 0 aromatic carbocycles. The van der Waals surface area contributed by atoms with Gasteiger partial charge >= 0.3 is 0 Å². The number of likely N-dealkylation sites (tertiary alicyclic amines) is 1. The minimum atomic E-state index is 0.704. The van der Waals surface area contributed by atoms with Crippen molar-refractivity contribution in [2.75, 3.05) is 33.4 Å². The number of rotatable bonds is 4. The molecule has 2 heteroatoms. The van der Waals surface area contributed by atoms with E-state index >= 15 is 0 Å². The zero-order valence-electron chi connectivity index (χ0n) is 7.96. The van der Waals surface area contributed by atoms with Gasteiger partial charge in [-0.2, -0.15) is 0 Å². The van der Waals surface area contributed by atoms with E-state index in [1.54, 1.807) is 7.11 Å². The minimum absolute atomic E-state index is 0.704. The van der Waals surface area contributed by atoms with Crippen molar-refractivity contribution in [2.45, 2.75) is 12.8 Å². The van der Waals surface area contributed by atoms with Crippen LogP contribution in [0, 0.1) is 5.92 Å². The van der Waals surface area contributed by atoms with Crippen LogP contribution in [-0.2, 0) is 4.74 Å². The van der Waals surface area contributed by atoms with Crippen LogP contribution in [0.15, 0.2) is 12.7 Å². The van der Waals surface area contributed by atoms with Gasteiger partial charge in [0, 0.05) is 20.2 Å². The molecule has 0 radical (unpaired) electrons. The van der Waals surface area contributed by atoms with Gasteiger partial charge in [0.05, 0.1) is 6.61 Å². The predicted octanol–water partition coefficient (Wildman–Crippen LogP) is 1.53. The number of ether oxygens (including phenoxy) is 1. The number of nitrogens with zero attached hydrogens (tertiary/aromatic N) is 1. The summed E-state index contributed by atoms with van der Waals surface area (Å²) in [4.78, 5) is 2.46. The maximum atomic E-state index is 5.05. The van der Waals surface area contributed by atoms with Gasteiger partial charge < -0.3 is 9.64 Å². The summed E-state index contributed by atoms with van der Waals surface area (Å²) in [6.07, 6.45) is 4.70. The molecule has 1 aliphatic heterocycles. The highest BCUT2D eigenvalue weighted by atomic mass is 16.5. The molecule has 0 aliphatic carbocycles. The lowest BCUT2D eigenvalue weighted by Crippen LogP contribution is -2.36. The van der Waals surface area contributed by atoms with Crippen LogP contribution in [0.25, 0.3) is 0 Å². The van der Waals surface area contributed by atoms with Gasteiger partial charge in [0.25, 0.3) is 0 Å². The Morgan fingerprint density at radius 1 is 1.67 bits per heavy atom. The zero-order chi connectivity index (χ0) is 8.81. The third kappa shape index (κ3) is 2.95. The van der Waals surface area contributed by atoms with Gasteiger partial charge in [0.15, 0.2) is 0 Å². The highest BCUT2D eigenvalue weighted by Gasteiger charge is 2.16. The first-order valence-corrected chi connectivity index (χ1v) is 4.70. The van der Waals surface area contributed by atoms with Crippen molar-refractivity contribution in [3.8, 4) is 0 Å². The van der Waals surface area contributed by atoms with E-state index in [2.05, 4.69) is 17.6 Å². The average Bonchev–Trinajstić information content (AvgIpc) is 2.15. The van der Waals surface area contributed by atoms with E-state index in [-0.39, 0.29) is 0 Å². The Bertz CT molecular complexity index is 136. The molecule has 70 valence electrons. The lowest BCUT2D eigenvalue weighted by Gasteiger charge is -2.30. The van der Waals surface area contributed by atoms with Crippen molar-refractivity contribution in [1.82, 2.24) is 4.90 Å². The van der Waals surface area contributed by atoms with Crippen LogP contribution in [0.3, 0.4) is 0 Å². The van der Waals surface area contributed by atoms with E-state index in [4.69, 9.17) is 4.74 Å². The maximum absolute atomic E-state index is 5.05. The van der Waals surface area contributed by atoms with Crippen LogP contribution in [0.5, 0.6) is 0 Å². The molecule has 1 heterocycles. The van der Waals surface area contributed by atoms with Gasteiger partial charge in [0.2, 0.25) is 0 Å². The second-order valence-electron chi connectivity index (χ2n) is 3.43. The predicted molar refractivity (Wildman–Crippen MR) is 51.2 cm³/mol. The van der Waals surface area contributed by atoms with Gasteiger partial charge in [-0.1, -0.05) is 6.08 Å². The summed E-state index contributed by atoms with van der Waals surface area (Å²) in [5.41, 5.74) is 0. The summed E-state index contributed by atoms with van der Waals surface area (Å²) >= 11 is 0. The molecule has 0 spiro atoms. The lowest BCUT2D eigenvalue weighted by molar-refractivity contribution is 0.124. The Hall–Kier alpha value is -0.340. The molecule has 1 fully saturated rings. The first-order valence-electron chi connectivity index (χ1n) is 4.70. The van der Waals surface area contributed by atoms with Gasteiger partial charge in [0.1, 0.15) is 0 Å². The fourth-order valence-electron chi connectivity index (χ4n) is 1.71. The van der Waals surface area contributed by atoms with Crippen molar-refractivity contribution in [2.24, 2.45) is 5.92 Å². The van der Waals surface area contributed by atoms with E-state index in [0.717, 1.165) is 13.2 Å². The molecule has 0 saturated carbocycles. The first-order chi connectivity index (χ1) is 5.86. The average molecular weight is 169 g/mol. The van der Waals surface area contributed by atoms with Gasteiger partial charge in [-0.25, -0.2) is 0 Å². The number of methoxy groups -OCH3 is 1. The van der Waals surface area contributed by atoms with Crippen molar-refractivity contribution in [3.05, 3.63) is 12.7 Å². The Morgan fingerprint density at radius 3 is 3.17 bits per heavy atom. The Morgan fingerprint density at radius 2 is 2.50 bits per heavy atom. The highest BCUT2D eigenvalue weighted by Crippen LogP contribution is 2.16. The van der Waals surface area contributed by atoms with Crippen LogP contribution in [-0.4, -0.2) is 38.3 Å². The van der Waals surface area contributed by atoms with E-state index in [1.807, 2.05) is 0 Å². The molecule has 1 atom stereocenters. The maximum Gasteiger partial charge on any atom is 0.0589 e. The number of piperidine rings is 1. The van der Waals surface area contributed by atoms with Crippen molar-refractivity contribution < 1.29 is 4.74 Å². The van der Waals surface area contributed by atoms with E-state index in [0.29, 0.717) is 5.92 Å². The Balaban J connectivity index is 2.20. The van der Waals surface area contributed by atoms with Crippen molar-refractivity contribution in [3.63, 3.8) is 0 Å². The molecule has 1 aliphatic rings. The van der Waals surface area contributed by atoms with Crippen molar-refractivity contribution in [1.29, 1.82) is 0 Å². The first kappa shape index (κ1) is 9.75. The summed E-state index contributed by atoms with van der Waals surface area (Å²) in [5, 5.41) is 0. The Labute approximate surface area is 75.2 Å². The number of hydrogen-bond acceptors (Lipinski definition) is 2. The zero-order valence-corrected chi connectivity index (χ0v) is 7.96. The smallest absolute Gasteiger partial charge is 0.0589 e. The molecular formula is C10H19NO. The lowest BCUT2D eigenvalue weighted by atomic mass is 9.98. The molecular weight excluding hydrogens is 150 g/mol. The second kappa shape index (κ2) is 5.33. The molecule has 0 N–H and O–H groups in total. The van der Waals surface area contributed by atoms with Crippen LogP contribution >= 0.6 is 0 Å². The topological polar surface area (TPSA) is 12.5 Å². The summed E-state index contributed by atoms with van der Waals surface area (Å²) in [7, 11) is 1.76. The molecule has 0 aromatic heterocycles. The fourth-order valence-corrected chi connectivity index (χ4v) is 1.71. The molecule has 0 bridgehead atoms. The second-order valence-corrected chi connectivity index (χ2v) is 3.43. The van der Waals surface area contributed by atoms with E-state index in [9.17, 15) is 0 Å². The molecule has 1 saturated heterocycles. The fraction of sp³-hybridized carbons (Fsp3) is 0.800. The van der Waals surface area contributed by atoms with E-state index in [1.165, 1.54) is 25.9 Å². The normalized spacial score (nSPS) is 25.6. The molecule has 0 amide bonds. The van der Waals surface area contributed by atoms with Gasteiger partial charge in [-0.15, -0.1) is 6.58 Å². The van der Waals surface area contributed by atoms with Crippen LogP contribution in [0.2, 0.25) is 0 Å². The standard InChI is InChI=1S/C10H19NO/c1-3-10-5-4-6-11(9-10)7-8-12-2/h3,10H,1,4-9H2,2H3. The monoisotopic (exact) mass is 169 g/mol. The third-order valence-corrected chi connectivity index (χ3v) is 2.49. The quantitative estimate of drug-likeness (QED) is 0.592. The SMILES string of the molecule is C=CC1CCCN(CCOC)C1. The molecule has 12 heavy (non-hydrogen) atoms. The third-order valence-electron chi connectivity index (χ3n) is 2.49. The van der Waals surface area contributed by atoms with E-state index < -0.39 is 0 Å². The van der Waals surface area contributed by atoms with Crippen molar-refractivity contribution >= 4 is 0 Å². The molecule has 1 unspecified atom stereocenters. The van der Waals surface area contributed by atoms with Crippen LogP contribution in [0.4, 0.5) is 0 Å². The largest absolute Gasteiger partial charge is 0.383 e. The summed E-state index contributed by atoms with van der Waals surface area (Å²) in [5.74, 6) is 0.704. The summed E-state index contributed by atoms with van der Waals surface area (Å²) < 4.78 is 5.05. The highest BCUT2D eigenvalue weighted by molar-refractivity contribution is 4.84. The molecule has 0 aromatic rings. The van der Waals surface area contributed by atoms with Crippen LogP contribution < -0.4 is 0 Å². The van der Waals surface area contributed by atoms with Gasteiger partial charge in [-0.3, -0.25) is 0 Å². The Kier molecular flexibility index (Phi) is 4.33. The molecule has 1 rings (SSSR count). The minimum Gasteiger partial charge on any atom is -0.383 e. The van der Waals surface area contributed by atoms with Crippen LogP contribution in [0.1, 0.15) is 12.8 Å². The number of hydrogen-bond donors (Lipinski definition) is 0. The summed E-state index contributed by atoms with van der Waals surface area (Å²) in [6, 6.07) is 0.